The number of carbonyl (C=O) groups is 1. The lowest BCUT2D eigenvalue weighted by atomic mass is 10.1. The Morgan fingerprint density at radius 2 is 1.75 bits per heavy atom. The van der Waals surface area contributed by atoms with E-state index in [4.69, 9.17) is 0 Å². The Balaban J connectivity index is 1.63. The molecule has 1 heterocycles. The molecule has 0 bridgehead atoms. The second kappa shape index (κ2) is 13.0. The van der Waals surface area contributed by atoms with Crippen molar-refractivity contribution in [1.82, 2.24) is 0 Å². The van der Waals surface area contributed by atoms with Crippen molar-refractivity contribution >= 4 is 46.7 Å². The van der Waals surface area contributed by atoms with Crippen molar-refractivity contribution in [3.05, 3.63) is 48.0 Å². The molecule has 0 spiro atoms. The fourth-order valence-electron chi connectivity index (χ4n) is 3.98. The molecule has 1 aliphatic rings. The molecule has 1 amide bonds. The molecule has 0 radical (unpaired) electrons. The number of benzene rings is 2. The SMILES string of the molecule is CCCCCCCSc1ccc(NC(=O)c2cc(N3CCCC3)ccc2N(C)SC)cc1. The Labute approximate surface area is 202 Å². The van der Waals surface area contributed by atoms with E-state index < -0.39 is 0 Å². The summed E-state index contributed by atoms with van der Waals surface area (Å²) in [7, 11) is 2.00. The molecule has 4 nitrogen and oxygen atoms in total. The number of anilines is 3. The zero-order chi connectivity index (χ0) is 22.8. The van der Waals surface area contributed by atoms with Crippen LogP contribution in [-0.2, 0) is 0 Å². The Morgan fingerprint density at radius 3 is 2.44 bits per heavy atom. The summed E-state index contributed by atoms with van der Waals surface area (Å²) in [6.07, 6.45) is 11.0. The van der Waals surface area contributed by atoms with E-state index in [1.54, 1.807) is 11.9 Å². The van der Waals surface area contributed by atoms with E-state index in [1.807, 2.05) is 47.6 Å². The molecular weight excluding hydrogens is 434 g/mol. The van der Waals surface area contributed by atoms with Crippen LogP contribution in [0.1, 0.15) is 62.2 Å². The van der Waals surface area contributed by atoms with Crippen molar-refractivity contribution < 1.29 is 4.79 Å². The zero-order valence-electron chi connectivity index (χ0n) is 19.7. The smallest absolute Gasteiger partial charge is 0.257 e. The number of unbranched alkanes of at least 4 members (excludes halogenated alkanes) is 4. The predicted molar refractivity (Wildman–Crippen MR) is 144 cm³/mol. The number of thioether (sulfide) groups is 1. The van der Waals surface area contributed by atoms with Crippen molar-refractivity contribution in [3.63, 3.8) is 0 Å². The minimum atomic E-state index is -0.0572. The number of nitrogens with zero attached hydrogens (tertiary/aromatic N) is 2. The van der Waals surface area contributed by atoms with Gasteiger partial charge in [0.1, 0.15) is 0 Å². The van der Waals surface area contributed by atoms with Crippen LogP contribution in [0, 0.1) is 0 Å². The Kier molecular flexibility index (Phi) is 10.1. The summed E-state index contributed by atoms with van der Waals surface area (Å²) in [6, 6.07) is 14.5. The van der Waals surface area contributed by atoms with Gasteiger partial charge in [-0.1, -0.05) is 44.6 Å². The van der Waals surface area contributed by atoms with Gasteiger partial charge < -0.3 is 14.5 Å². The quantitative estimate of drug-likeness (QED) is 0.199. The largest absolute Gasteiger partial charge is 0.372 e. The van der Waals surface area contributed by atoms with Crippen LogP contribution in [-0.4, -0.2) is 38.1 Å². The maximum absolute atomic E-state index is 13.2. The molecule has 32 heavy (non-hydrogen) atoms. The van der Waals surface area contributed by atoms with E-state index in [0.29, 0.717) is 0 Å². The average molecular weight is 472 g/mol. The van der Waals surface area contributed by atoms with E-state index in [1.165, 1.54) is 49.8 Å². The zero-order valence-corrected chi connectivity index (χ0v) is 21.4. The molecule has 1 saturated heterocycles. The number of hydrogen-bond acceptors (Lipinski definition) is 5. The summed E-state index contributed by atoms with van der Waals surface area (Å²) in [5, 5.41) is 3.11. The summed E-state index contributed by atoms with van der Waals surface area (Å²) in [4.78, 5) is 16.9. The van der Waals surface area contributed by atoms with Gasteiger partial charge in [0.05, 0.1) is 11.3 Å². The molecule has 2 aromatic carbocycles. The third kappa shape index (κ3) is 7.11. The van der Waals surface area contributed by atoms with Gasteiger partial charge in [-0.2, -0.15) is 0 Å². The maximum Gasteiger partial charge on any atom is 0.257 e. The molecule has 0 atom stereocenters. The minimum absolute atomic E-state index is 0.0572. The van der Waals surface area contributed by atoms with E-state index >= 15 is 0 Å². The minimum Gasteiger partial charge on any atom is -0.372 e. The molecule has 3 rings (SSSR count). The van der Waals surface area contributed by atoms with Crippen LogP contribution in [0.4, 0.5) is 17.1 Å². The second-order valence-electron chi connectivity index (χ2n) is 8.32. The Morgan fingerprint density at radius 1 is 1.03 bits per heavy atom. The molecule has 1 N–H and O–H groups in total. The van der Waals surface area contributed by atoms with Crippen LogP contribution in [0.5, 0.6) is 0 Å². The fourth-order valence-corrected chi connectivity index (χ4v) is 5.25. The number of hydrogen-bond donors (Lipinski definition) is 1. The monoisotopic (exact) mass is 471 g/mol. The van der Waals surface area contributed by atoms with E-state index in [0.717, 1.165) is 41.5 Å². The average Bonchev–Trinajstić information content (AvgIpc) is 3.36. The van der Waals surface area contributed by atoms with Crippen LogP contribution in [0.25, 0.3) is 0 Å². The van der Waals surface area contributed by atoms with Crippen LogP contribution >= 0.6 is 23.7 Å². The topological polar surface area (TPSA) is 35.6 Å². The van der Waals surface area contributed by atoms with Crippen molar-refractivity contribution in [2.24, 2.45) is 0 Å². The summed E-state index contributed by atoms with van der Waals surface area (Å²) in [5.41, 5.74) is 3.63. The molecule has 1 fully saturated rings. The lowest BCUT2D eigenvalue weighted by Gasteiger charge is -2.23. The van der Waals surface area contributed by atoms with Gasteiger partial charge in [0.25, 0.3) is 5.91 Å². The number of amides is 1. The summed E-state index contributed by atoms with van der Waals surface area (Å²) in [6.45, 7) is 4.38. The first kappa shape index (κ1) is 24.8. The highest BCUT2D eigenvalue weighted by molar-refractivity contribution is 8.00. The standard InChI is InChI=1S/C26H37N3OS2/c1-4-5-6-7-10-19-32-23-14-11-21(12-15-23)27-26(30)24-20-22(29-17-8-9-18-29)13-16-25(24)28(2)31-3/h11-16,20H,4-10,17-19H2,1-3H3,(H,27,30). The van der Waals surface area contributed by atoms with Crippen LogP contribution in [0.15, 0.2) is 47.4 Å². The second-order valence-corrected chi connectivity index (χ2v) is 10.4. The van der Waals surface area contributed by atoms with Gasteiger partial charge in [0.15, 0.2) is 0 Å². The van der Waals surface area contributed by atoms with Crippen molar-refractivity contribution in [2.75, 3.05) is 46.7 Å². The van der Waals surface area contributed by atoms with E-state index in [-0.39, 0.29) is 5.91 Å². The first-order valence-corrected chi connectivity index (χ1v) is 14.0. The highest BCUT2D eigenvalue weighted by Crippen LogP contribution is 2.31. The maximum atomic E-state index is 13.2. The van der Waals surface area contributed by atoms with Gasteiger partial charge in [-0.15, -0.1) is 11.8 Å². The number of carbonyl (C=O) groups excluding carboxylic acids is 1. The lowest BCUT2D eigenvalue weighted by molar-refractivity contribution is 0.102. The molecular formula is C26H37N3OS2. The van der Waals surface area contributed by atoms with E-state index in [9.17, 15) is 4.79 Å². The number of nitrogens with one attached hydrogen (secondary N) is 1. The highest BCUT2D eigenvalue weighted by atomic mass is 32.2. The first-order chi connectivity index (χ1) is 15.6. The predicted octanol–water partition coefficient (Wildman–Crippen LogP) is 7.32. The van der Waals surface area contributed by atoms with Crippen LogP contribution < -0.4 is 14.5 Å². The van der Waals surface area contributed by atoms with Gasteiger partial charge in [-0.25, -0.2) is 0 Å². The Bertz CT molecular complexity index is 851. The fraction of sp³-hybridized carbons (Fsp3) is 0.500. The highest BCUT2D eigenvalue weighted by Gasteiger charge is 2.19. The first-order valence-electron chi connectivity index (χ1n) is 11.8. The molecule has 1 aliphatic heterocycles. The Hall–Kier alpha value is -1.79. The van der Waals surface area contributed by atoms with Gasteiger partial charge in [-0.05, 0) is 67.5 Å². The third-order valence-electron chi connectivity index (χ3n) is 5.94. The van der Waals surface area contributed by atoms with E-state index in [2.05, 4.69) is 41.4 Å². The van der Waals surface area contributed by atoms with Gasteiger partial charge in [0, 0.05) is 42.7 Å². The summed E-state index contributed by atoms with van der Waals surface area (Å²) in [5.74, 6) is 1.10. The van der Waals surface area contributed by atoms with Gasteiger partial charge in [0.2, 0.25) is 0 Å². The molecule has 174 valence electrons. The molecule has 0 saturated carbocycles. The third-order valence-corrected chi connectivity index (χ3v) is 7.78. The molecule has 0 unspecified atom stereocenters. The van der Waals surface area contributed by atoms with Crippen molar-refractivity contribution in [2.45, 2.75) is 56.8 Å². The summed E-state index contributed by atoms with van der Waals surface area (Å²) >= 11 is 3.51. The molecule has 0 aromatic heterocycles. The van der Waals surface area contributed by atoms with Crippen LogP contribution in [0.3, 0.4) is 0 Å². The normalized spacial score (nSPS) is 13.4. The lowest BCUT2D eigenvalue weighted by Crippen LogP contribution is -2.21. The molecule has 2 aromatic rings. The van der Waals surface area contributed by atoms with Crippen LogP contribution in [0.2, 0.25) is 0 Å². The molecule has 0 aliphatic carbocycles. The van der Waals surface area contributed by atoms with Crippen molar-refractivity contribution in [3.8, 4) is 0 Å². The van der Waals surface area contributed by atoms with Crippen molar-refractivity contribution in [1.29, 1.82) is 0 Å². The van der Waals surface area contributed by atoms with Gasteiger partial charge in [-0.3, -0.25) is 4.79 Å². The number of rotatable bonds is 12. The summed E-state index contributed by atoms with van der Waals surface area (Å²) < 4.78 is 2.04. The molecule has 6 heteroatoms. The van der Waals surface area contributed by atoms with Gasteiger partial charge >= 0.3 is 0 Å².